The summed E-state index contributed by atoms with van der Waals surface area (Å²) in [6.45, 7) is 6.20. The van der Waals surface area contributed by atoms with Crippen LogP contribution in [0.1, 0.15) is 47.3 Å². The lowest BCUT2D eigenvalue weighted by atomic mass is 9.93. The third-order valence-corrected chi connectivity index (χ3v) is 3.75. The van der Waals surface area contributed by atoms with Crippen LogP contribution in [0.25, 0.3) is 5.65 Å². The molecule has 0 aliphatic heterocycles. The van der Waals surface area contributed by atoms with Crippen LogP contribution in [0.15, 0.2) is 42.6 Å². The van der Waals surface area contributed by atoms with Crippen molar-refractivity contribution >= 4 is 23.1 Å². The fourth-order valence-corrected chi connectivity index (χ4v) is 2.28. The van der Waals surface area contributed by atoms with Crippen molar-refractivity contribution in [1.82, 2.24) is 14.6 Å². The van der Waals surface area contributed by atoms with Crippen molar-refractivity contribution < 1.29 is 9.59 Å². The number of amides is 2. The quantitative estimate of drug-likeness (QED) is 0.766. The van der Waals surface area contributed by atoms with Crippen molar-refractivity contribution in [2.75, 3.05) is 5.32 Å². The van der Waals surface area contributed by atoms with Gasteiger partial charge in [-0.05, 0) is 36.4 Å². The number of hydrogen-bond donors (Lipinski definition) is 2. The zero-order chi connectivity index (χ0) is 18.2. The van der Waals surface area contributed by atoms with Crippen LogP contribution in [0, 0.1) is 0 Å². The number of nitrogens with zero attached hydrogens (tertiary/aromatic N) is 3. The maximum absolute atomic E-state index is 12.4. The Morgan fingerprint density at radius 1 is 1.08 bits per heavy atom. The van der Waals surface area contributed by atoms with E-state index in [0.29, 0.717) is 16.9 Å². The highest BCUT2D eigenvalue weighted by Gasteiger charge is 2.18. The van der Waals surface area contributed by atoms with Crippen molar-refractivity contribution in [2.24, 2.45) is 5.73 Å². The lowest BCUT2D eigenvalue weighted by Crippen LogP contribution is -2.15. The van der Waals surface area contributed by atoms with Crippen molar-refractivity contribution in [1.29, 1.82) is 0 Å². The van der Waals surface area contributed by atoms with E-state index >= 15 is 0 Å². The van der Waals surface area contributed by atoms with E-state index in [1.165, 1.54) is 0 Å². The van der Waals surface area contributed by atoms with Gasteiger partial charge in [0.2, 0.25) is 5.91 Å². The van der Waals surface area contributed by atoms with Crippen LogP contribution in [-0.4, -0.2) is 26.4 Å². The largest absolute Gasteiger partial charge is 0.366 e. The number of nitrogens with two attached hydrogens (primary N) is 1. The van der Waals surface area contributed by atoms with Gasteiger partial charge in [0.05, 0.1) is 11.9 Å². The highest BCUT2D eigenvalue weighted by Crippen LogP contribution is 2.21. The molecule has 0 spiro atoms. The van der Waals surface area contributed by atoms with Gasteiger partial charge in [0, 0.05) is 16.7 Å². The second-order valence-corrected chi connectivity index (χ2v) is 6.79. The number of rotatable bonds is 3. The van der Waals surface area contributed by atoms with Crippen LogP contribution in [0.4, 0.5) is 5.69 Å². The van der Waals surface area contributed by atoms with E-state index in [0.717, 1.165) is 5.69 Å². The van der Waals surface area contributed by atoms with Crippen molar-refractivity contribution in [2.45, 2.75) is 26.2 Å². The van der Waals surface area contributed by atoms with Crippen LogP contribution in [-0.2, 0) is 5.41 Å². The summed E-state index contributed by atoms with van der Waals surface area (Å²) in [7, 11) is 0. The van der Waals surface area contributed by atoms with Gasteiger partial charge in [0.25, 0.3) is 5.91 Å². The lowest BCUT2D eigenvalue weighted by molar-refractivity contribution is 0.0997. The number of nitrogens with one attached hydrogen (secondary N) is 1. The molecule has 1 aromatic carbocycles. The van der Waals surface area contributed by atoms with Crippen LogP contribution < -0.4 is 11.1 Å². The molecular formula is C18H19N5O2. The molecule has 2 aromatic heterocycles. The Hall–Kier alpha value is -3.22. The summed E-state index contributed by atoms with van der Waals surface area (Å²) in [5.74, 6) is -0.862. The molecule has 0 atom stereocenters. The molecule has 3 aromatic rings. The molecule has 2 heterocycles. The third kappa shape index (κ3) is 3.50. The van der Waals surface area contributed by atoms with E-state index in [-0.39, 0.29) is 17.0 Å². The molecule has 0 radical (unpaired) electrons. The summed E-state index contributed by atoms with van der Waals surface area (Å²) in [6.07, 6.45) is 1.83. The second kappa shape index (κ2) is 6.01. The molecule has 0 unspecified atom stereocenters. The van der Waals surface area contributed by atoms with E-state index in [1.807, 2.05) is 6.20 Å². The van der Waals surface area contributed by atoms with Crippen LogP contribution in [0.3, 0.4) is 0 Å². The first kappa shape index (κ1) is 16.6. The number of carbonyl (C=O) groups is 2. The average molecular weight is 337 g/mol. The molecule has 2 amide bonds. The molecule has 7 heteroatoms. The Labute approximate surface area is 144 Å². The standard InChI is InChI=1S/C18H19N5O2/c1-18(2,3)14-10-23-15(21-14)9-8-13(22-23)17(25)20-12-6-4-11(5-7-12)16(19)24/h4-10H,1-3H3,(H2,19,24)(H,20,25). The average Bonchev–Trinajstić information content (AvgIpc) is 2.98. The molecule has 7 nitrogen and oxygen atoms in total. The maximum Gasteiger partial charge on any atom is 0.276 e. The van der Waals surface area contributed by atoms with Gasteiger partial charge < -0.3 is 11.1 Å². The number of imidazole rings is 1. The van der Waals surface area contributed by atoms with Gasteiger partial charge in [-0.25, -0.2) is 9.50 Å². The molecule has 0 saturated carbocycles. The van der Waals surface area contributed by atoms with Gasteiger partial charge in [0.1, 0.15) is 5.69 Å². The van der Waals surface area contributed by atoms with Crippen molar-refractivity contribution in [3.05, 3.63) is 59.5 Å². The normalized spacial score (nSPS) is 11.5. The summed E-state index contributed by atoms with van der Waals surface area (Å²) in [5.41, 5.74) is 7.89. The molecule has 128 valence electrons. The predicted octanol–water partition coefficient (Wildman–Crippen LogP) is 2.38. The zero-order valence-corrected chi connectivity index (χ0v) is 14.3. The smallest absolute Gasteiger partial charge is 0.276 e. The number of benzene rings is 1. The van der Waals surface area contributed by atoms with Gasteiger partial charge in [0.15, 0.2) is 5.65 Å². The first-order valence-electron chi connectivity index (χ1n) is 7.82. The minimum absolute atomic E-state index is 0.0989. The summed E-state index contributed by atoms with van der Waals surface area (Å²) in [5, 5.41) is 7.06. The molecular weight excluding hydrogens is 318 g/mol. The summed E-state index contributed by atoms with van der Waals surface area (Å²) < 4.78 is 1.60. The predicted molar refractivity (Wildman–Crippen MR) is 94.6 cm³/mol. The van der Waals surface area contributed by atoms with E-state index in [4.69, 9.17) is 5.73 Å². The summed E-state index contributed by atoms with van der Waals surface area (Å²) in [4.78, 5) is 28.0. The molecule has 0 aliphatic carbocycles. The van der Waals surface area contributed by atoms with Crippen molar-refractivity contribution in [3.8, 4) is 0 Å². The number of aromatic nitrogens is 3. The Kier molecular flexibility index (Phi) is 4.00. The second-order valence-electron chi connectivity index (χ2n) is 6.79. The van der Waals surface area contributed by atoms with Gasteiger partial charge in [-0.1, -0.05) is 20.8 Å². The van der Waals surface area contributed by atoms with Gasteiger partial charge in [-0.2, -0.15) is 5.10 Å². The Morgan fingerprint density at radius 3 is 2.36 bits per heavy atom. The van der Waals surface area contributed by atoms with Gasteiger partial charge in [-0.3, -0.25) is 9.59 Å². The molecule has 3 rings (SSSR count). The third-order valence-electron chi connectivity index (χ3n) is 3.75. The highest BCUT2D eigenvalue weighted by atomic mass is 16.2. The fourth-order valence-electron chi connectivity index (χ4n) is 2.28. The Bertz CT molecular complexity index is 952. The number of hydrogen-bond acceptors (Lipinski definition) is 4. The molecule has 0 saturated heterocycles. The fraction of sp³-hybridized carbons (Fsp3) is 0.222. The number of anilines is 1. The first-order chi connectivity index (χ1) is 11.7. The monoisotopic (exact) mass is 337 g/mol. The summed E-state index contributed by atoms with van der Waals surface area (Å²) in [6, 6.07) is 9.73. The van der Waals surface area contributed by atoms with E-state index in [9.17, 15) is 9.59 Å². The van der Waals surface area contributed by atoms with Crippen LogP contribution in [0.2, 0.25) is 0 Å². The summed E-state index contributed by atoms with van der Waals surface area (Å²) >= 11 is 0. The minimum atomic E-state index is -0.514. The van der Waals surface area contributed by atoms with Crippen molar-refractivity contribution in [3.63, 3.8) is 0 Å². The lowest BCUT2D eigenvalue weighted by Gasteiger charge is -2.13. The van der Waals surface area contributed by atoms with Crippen LogP contribution in [0.5, 0.6) is 0 Å². The molecule has 0 bridgehead atoms. The van der Waals surface area contributed by atoms with E-state index in [2.05, 4.69) is 36.2 Å². The molecule has 3 N–H and O–H groups in total. The SMILES string of the molecule is CC(C)(C)c1cn2nc(C(=O)Nc3ccc(C(N)=O)cc3)ccc2n1. The van der Waals surface area contributed by atoms with Gasteiger partial charge >= 0.3 is 0 Å². The van der Waals surface area contributed by atoms with Gasteiger partial charge in [-0.15, -0.1) is 0 Å². The molecule has 0 aliphatic rings. The van der Waals surface area contributed by atoms with Crippen LogP contribution >= 0.6 is 0 Å². The maximum atomic E-state index is 12.4. The Morgan fingerprint density at radius 2 is 1.76 bits per heavy atom. The zero-order valence-electron chi connectivity index (χ0n) is 14.3. The van der Waals surface area contributed by atoms with E-state index in [1.54, 1.807) is 40.9 Å². The topological polar surface area (TPSA) is 102 Å². The Balaban J connectivity index is 1.83. The molecule has 25 heavy (non-hydrogen) atoms. The number of fused-ring (bicyclic) bond motifs is 1. The number of carbonyl (C=O) groups excluding carboxylic acids is 2. The van der Waals surface area contributed by atoms with E-state index < -0.39 is 5.91 Å². The highest BCUT2D eigenvalue weighted by molar-refractivity contribution is 6.03. The number of primary amides is 1. The molecule has 0 fully saturated rings. The minimum Gasteiger partial charge on any atom is -0.366 e. The first-order valence-corrected chi connectivity index (χ1v) is 7.82.